The molecule has 1 heterocycles. The van der Waals surface area contributed by atoms with E-state index in [1.165, 1.54) is 22.7 Å². The third-order valence-corrected chi connectivity index (χ3v) is 6.66. The molecule has 1 aromatic carbocycles. The van der Waals surface area contributed by atoms with Gasteiger partial charge in [-0.1, -0.05) is 12.1 Å². The second-order valence-corrected chi connectivity index (χ2v) is 8.97. The average Bonchev–Trinajstić information content (AvgIpc) is 2.61. The molecular formula is C18H29N3O4S. The van der Waals surface area contributed by atoms with Gasteiger partial charge in [-0.3, -0.25) is 4.79 Å². The van der Waals surface area contributed by atoms with E-state index in [0.29, 0.717) is 32.5 Å². The number of ether oxygens (including phenoxy) is 1. The molecule has 0 radical (unpaired) electrons. The van der Waals surface area contributed by atoms with Gasteiger partial charge in [0.25, 0.3) is 10.2 Å². The molecule has 2 rings (SSSR count). The second-order valence-electron chi connectivity index (χ2n) is 6.82. The molecule has 1 aliphatic rings. The van der Waals surface area contributed by atoms with Gasteiger partial charge >= 0.3 is 0 Å². The standard InChI is InChI=1S/C18H29N3O4S/c1-14-7-5-9-17(15(14)2)25-12-10-19-18(22)16-8-6-11-21(13-16)26(23,24)20(3)4/h5,7,9,16H,6,8,10-13H2,1-4H3,(H,19,22). The van der Waals surface area contributed by atoms with E-state index >= 15 is 0 Å². The van der Waals surface area contributed by atoms with E-state index in [2.05, 4.69) is 5.32 Å². The first-order valence-electron chi connectivity index (χ1n) is 8.88. The molecule has 0 bridgehead atoms. The van der Waals surface area contributed by atoms with Crippen molar-refractivity contribution in [2.24, 2.45) is 5.92 Å². The summed E-state index contributed by atoms with van der Waals surface area (Å²) in [5.74, 6) is 0.382. The SMILES string of the molecule is Cc1cccc(OCCNC(=O)C2CCCN(S(=O)(=O)N(C)C)C2)c1C. The van der Waals surface area contributed by atoms with Gasteiger partial charge in [-0.15, -0.1) is 0 Å². The normalized spacial score (nSPS) is 18.7. The lowest BCUT2D eigenvalue weighted by atomic mass is 9.99. The number of hydrogen-bond acceptors (Lipinski definition) is 4. The van der Waals surface area contributed by atoms with Gasteiger partial charge in [0.05, 0.1) is 12.5 Å². The summed E-state index contributed by atoms with van der Waals surface area (Å²) in [6.07, 6.45) is 1.38. The molecular weight excluding hydrogens is 354 g/mol. The highest BCUT2D eigenvalue weighted by molar-refractivity contribution is 7.86. The number of aryl methyl sites for hydroxylation is 1. The highest BCUT2D eigenvalue weighted by atomic mass is 32.2. The Labute approximate surface area is 156 Å². The van der Waals surface area contributed by atoms with Crippen LogP contribution in [0.5, 0.6) is 5.75 Å². The molecule has 1 unspecified atom stereocenters. The second kappa shape index (κ2) is 8.83. The van der Waals surface area contributed by atoms with Crippen LogP contribution >= 0.6 is 0 Å². The number of carbonyl (C=O) groups is 1. The monoisotopic (exact) mass is 383 g/mol. The Morgan fingerprint density at radius 3 is 2.77 bits per heavy atom. The first-order valence-corrected chi connectivity index (χ1v) is 10.3. The summed E-state index contributed by atoms with van der Waals surface area (Å²) >= 11 is 0. The fraction of sp³-hybridized carbons (Fsp3) is 0.611. The molecule has 1 aromatic rings. The first-order chi connectivity index (χ1) is 12.2. The van der Waals surface area contributed by atoms with Crippen molar-refractivity contribution in [2.75, 3.05) is 40.3 Å². The first kappa shape index (κ1) is 20.7. The summed E-state index contributed by atoms with van der Waals surface area (Å²) in [7, 11) is -0.467. The van der Waals surface area contributed by atoms with Gasteiger partial charge in [0.1, 0.15) is 12.4 Å². The topological polar surface area (TPSA) is 79.0 Å². The van der Waals surface area contributed by atoms with Crippen molar-refractivity contribution < 1.29 is 17.9 Å². The number of benzene rings is 1. The van der Waals surface area contributed by atoms with Crippen molar-refractivity contribution >= 4 is 16.1 Å². The molecule has 0 aromatic heterocycles. The highest BCUT2D eigenvalue weighted by Gasteiger charge is 2.33. The molecule has 1 N–H and O–H groups in total. The largest absolute Gasteiger partial charge is 0.491 e. The predicted octanol–water partition coefficient (Wildman–Crippen LogP) is 1.32. The van der Waals surface area contributed by atoms with E-state index < -0.39 is 10.2 Å². The van der Waals surface area contributed by atoms with E-state index in [1.54, 1.807) is 0 Å². The van der Waals surface area contributed by atoms with Gasteiger partial charge in [-0.05, 0) is 43.9 Å². The number of hydrogen-bond donors (Lipinski definition) is 1. The lowest BCUT2D eigenvalue weighted by molar-refractivity contribution is -0.126. The Hall–Kier alpha value is -1.64. The lowest BCUT2D eigenvalue weighted by Crippen LogP contribution is -2.49. The van der Waals surface area contributed by atoms with E-state index in [9.17, 15) is 13.2 Å². The summed E-state index contributed by atoms with van der Waals surface area (Å²) < 4.78 is 32.8. The van der Waals surface area contributed by atoms with Crippen LogP contribution in [0.2, 0.25) is 0 Å². The van der Waals surface area contributed by atoms with Crippen molar-refractivity contribution in [3.05, 3.63) is 29.3 Å². The summed E-state index contributed by atoms with van der Waals surface area (Å²) in [6, 6.07) is 5.88. The molecule has 1 saturated heterocycles. The summed E-state index contributed by atoms with van der Waals surface area (Å²) in [5.41, 5.74) is 2.26. The molecule has 0 aliphatic carbocycles. The van der Waals surface area contributed by atoms with Crippen LogP contribution < -0.4 is 10.1 Å². The van der Waals surface area contributed by atoms with Crippen LogP contribution in [0.3, 0.4) is 0 Å². The number of nitrogens with zero attached hydrogens (tertiary/aromatic N) is 2. The Kier molecular flexibility index (Phi) is 7.02. The van der Waals surface area contributed by atoms with Gasteiger partial charge in [-0.25, -0.2) is 0 Å². The van der Waals surface area contributed by atoms with Crippen molar-refractivity contribution in [3.63, 3.8) is 0 Å². The van der Waals surface area contributed by atoms with Gasteiger partial charge in [0.15, 0.2) is 0 Å². The Balaban J connectivity index is 1.81. The number of piperidine rings is 1. The molecule has 26 heavy (non-hydrogen) atoms. The fourth-order valence-electron chi connectivity index (χ4n) is 2.96. The van der Waals surface area contributed by atoms with Crippen LogP contribution in [0.1, 0.15) is 24.0 Å². The Bertz CT molecular complexity index is 734. The molecule has 146 valence electrons. The molecule has 1 atom stereocenters. The Morgan fingerprint density at radius 1 is 1.35 bits per heavy atom. The maximum Gasteiger partial charge on any atom is 0.281 e. The zero-order valence-electron chi connectivity index (χ0n) is 16.0. The maximum absolute atomic E-state index is 12.4. The molecule has 1 fully saturated rings. The minimum absolute atomic E-state index is 0.117. The molecule has 1 aliphatic heterocycles. The molecule has 1 amide bonds. The predicted molar refractivity (Wildman–Crippen MR) is 101 cm³/mol. The lowest BCUT2D eigenvalue weighted by Gasteiger charge is -2.32. The van der Waals surface area contributed by atoms with Crippen LogP contribution in [0.15, 0.2) is 18.2 Å². The van der Waals surface area contributed by atoms with Gasteiger partial charge in [0, 0.05) is 27.2 Å². The summed E-state index contributed by atoms with van der Waals surface area (Å²) in [5, 5.41) is 2.86. The molecule has 0 saturated carbocycles. The smallest absolute Gasteiger partial charge is 0.281 e. The van der Waals surface area contributed by atoms with E-state index in [1.807, 2.05) is 32.0 Å². The van der Waals surface area contributed by atoms with Gasteiger partial charge in [-0.2, -0.15) is 17.0 Å². The minimum atomic E-state index is -3.47. The van der Waals surface area contributed by atoms with Crippen LogP contribution in [-0.4, -0.2) is 63.3 Å². The van der Waals surface area contributed by atoms with Crippen LogP contribution in [0, 0.1) is 19.8 Å². The van der Waals surface area contributed by atoms with Crippen LogP contribution in [0.25, 0.3) is 0 Å². The zero-order valence-corrected chi connectivity index (χ0v) is 16.8. The average molecular weight is 384 g/mol. The van der Waals surface area contributed by atoms with Crippen molar-refractivity contribution in [3.8, 4) is 5.75 Å². The van der Waals surface area contributed by atoms with Crippen LogP contribution in [-0.2, 0) is 15.0 Å². The molecule has 0 spiro atoms. The summed E-state index contributed by atoms with van der Waals surface area (Å²) in [6.45, 7) is 5.49. The highest BCUT2D eigenvalue weighted by Crippen LogP contribution is 2.21. The number of amides is 1. The zero-order chi connectivity index (χ0) is 19.3. The van der Waals surface area contributed by atoms with Crippen LogP contribution in [0.4, 0.5) is 0 Å². The van der Waals surface area contributed by atoms with Crippen molar-refractivity contribution in [2.45, 2.75) is 26.7 Å². The number of nitrogens with one attached hydrogen (secondary N) is 1. The van der Waals surface area contributed by atoms with Gasteiger partial charge < -0.3 is 10.1 Å². The fourth-order valence-corrected chi connectivity index (χ4v) is 4.15. The van der Waals surface area contributed by atoms with E-state index in [4.69, 9.17) is 4.74 Å². The van der Waals surface area contributed by atoms with Gasteiger partial charge in [0.2, 0.25) is 5.91 Å². The molecule has 7 nitrogen and oxygen atoms in total. The molecule has 8 heteroatoms. The minimum Gasteiger partial charge on any atom is -0.491 e. The maximum atomic E-state index is 12.4. The van der Waals surface area contributed by atoms with Crippen molar-refractivity contribution in [1.82, 2.24) is 13.9 Å². The number of rotatable bonds is 7. The third-order valence-electron chi connectivity index (χ3n) is 4.76. The van der Waals surface area contributed by atoms with Crippen molar-refractivity contribution in [1.29, 1.82) is 0 Å². The summed E-state index contributed by atoms with van der Waals surface area (Å²) in [4.78, 5) is 12.4. The Morgan fingerprint density at radius 2 is 2.08 bits per heavy atom. The van der Waals surface area contributed by atoms with E-state index in [0.717, 1.165) is 16.9 Å². The number of carbonyl (C=O) groups excluding carboxylic acids is 1. The van der Waals surface area contributed by atoms with E-state index in [-0.39, 0.29) is 18.4 Å². The quantitative estimate of drug-likeness (QED) is 0.720. The third kappa shape index (κ3) is 4.96.